The van der Waals surface area contributed by atoms with E-state index in [0.717, 1.165) is 48.9 Å². The molecule has 2 aliphatic heterocycles. The first kappa shape index (κ1) is 17.7. The summed E-state index contributed by atoms with van der Waals surface area (Å²) in [6.07, 6.45) is -0.349. The summed E-state index contributed by atoms with van der Waals surface area (Å²) < 4.78 is 16.7. The van der Waals surface area contributed by atoms with Gasteiger partial charge in [0.1, 0.15) is 19.0 Å². The number of nitrogens with zero attached hydrogens (tertiary/aromatic N) is 2. The van der Waals surface area contributed by atoms with Gasteiger partial charge in [0, 0.05) is 37.5 Å². The topological polar surface area (TPSA) is 51.2 Å². The van der Waals surface area contributed by atoms with E-state index in [1.54, 1.807) is 11.9 Å². The van der Waals surface area contributed by atoms with E-state index in [4.69, 9.17) is 14.2 Å². The van der Waals surface area contributed by atoms with Gasteiger partial charge < -0.3 is 24.0 Å². The Balaban J connectivity index is 1.41. The van der Waals surface area contributed by atoms with Gasteiger partial charge >= 0.3 is 6.09 Å². The first-order chi connectivity index (χ1) is 13.2. The van der Waals surface area contributed by atoms with Gasteiger partial charge in [-0.05, 0) is 11.6 Å². The average molecular weight is 368 g/mol. The van der Waals surface area contributed by atoms with Crippen LogP contribution in [0.2, 0.25) is 0 Å². The summed E-state index contributed by atoms with van der Waals surface area (Å²) in [4.78, 5) is 16.4. The molecule has 0 N–H and O–H groups in total. The van der Waals surface area contributed by atoms with Crippen LogP contribution >= 0.6 is 0 Å². The Labute approximate surface area is 159 Å². The smallest absolute Gasteiger partial charge is 0.410 e. The molecule has 2 aromatic carbocycles. The van der Waals surface area contributed by atoms with Crippen molar-refractivity contribution < 1.29 is 19.0 Å². The van der Waals surface area contributed by atoms with Crippen molar-refractivity contribution in [2.24, 2.45) is 0 Å². The van der Waals surface area contributed by atoms with E-state index in [2.05, 4.69) is 23.1 Å². The van der Waals surface area contributed by atoms with Crippen LogP contribution in [0.5, 0.6) is 5.75 Å². The maximum Gasteiger partial charge on any atom is 0.410 e. The van der Waals surface area contributed by atoms with Crippen LogP contribution in [-0.2, 0) is 16.1 Å². The largest absolute Gasteiger partial charge is 0.491 e. The Morgan fingerprint density at radius 3 is 2.74 bits per heavy atom. The highest BCUT2D eigenvalue weighted by Crippen LogP contribution is 2.38. The van der Waals surface area contributed by atoms with Crippen molar-refractivity contribution in [3.63, 3.8) is 0 Å². The third-order valence-corrected chi connectivity index (χ3v) is 5.09. The highest BCUT2D eigenvalue weighted by Gasteiger charge is 2.31. The van der Waals surface area contributed by atoms with Crippen LogP contribution in [0, 0.1) is 0 Å². The van der Waals surface area contributed by atoms with Crippen molar-refractivity contribution in [2.45, 2.75) is 12.6 Å². The number of hydrogen-bond acceptors (Lipinski definition) is 5. The number of carbonyl (C=O) groups is 1. The van der Waals surface area contributed by atoms with Crippen LogP contribution in [0.15, 0.2) is 48.5 Å². The molecule has 0 radical (unpaired) electrons. The lowest BCUT2D eigenvalue weighted by atomic mass is 10.1. The molecule has 142 valence electrons. The first-order valence-electron chi connectivity index (χ1n) is 9.25. The molecule has 0 unspecified atom stereocenters. The number of fused-ring (bicyclic) bond motifs is 1. The number of hydrogen-bond donors (Lipinski definition) is 0. The molecular weight excluding hydrogens is 344 g/mol. The SMILES string of the molecule is CN(C(=O)OCc1ccccc1)[C@@H]1COc2cc(N3CCOCC3)ccc21. The fourth-order valence-electron chi connectivity index (χ4n) is 3.47. The molecular formula is C21H24N2O4. The Morgan fingerprint density at radius 2 is 1.96 bits per heavy atom. The zero-order valence-electron chi connectivity index (χ0n) is 15.5. The molecule has 0 aliphatic carbocycles. The molecule has 1 amide bonds. The van der Waals surface area contributed by atoms with Gasteiger partial charge in [0.15, 0.2) is 0 Å². The Kier molecular flexibility index (Phi) is 5.16. The highest BCUT2D eigenvalue weighted by molar-refractivity contribution is 5.69. The molecule has 0 aromatic heterocycles. The van der Waals surface area contributed by atoms with Gasteiger partial charge in [0.25, 0.3) is 0 Å². The summed E-state index contributed by atoms with van der Waals surface area (Å²) in [5.41, 5.74) is 3.12. The van der Waals surface area contributed by atoms with Crippen LogP contribution in [0.4, 0.5) is 10.5 Å². The van der Waals surface area contributed by atoms with Crippen molar-refractivity contribution in [1.82, 2.24) is 4.90 Å². The van der Waals surface area contributed by atoms with E-state index in [1.807, 2.05) is 30.3 Å². The van der Waals surface area contributed by atoms with Crippen LogP contribution in [0.1, 0.15) is 17.2 Å². The summed E-state index contributed by atoms with van der Waals surface area (Å²) in [6, 6.07) is 15.7. The second-order valence-corrected chi connectivity index (χ2v) is 6.80. The molecule has 1 saturated heterocycles. The molecule has 0 saturated carbocycles. The van der Waals surface area contributed by atoms with Crippen LogP contribution < -0.4 is 9.64 Å². The zero-order valence-corrected chi connectivity index (χ0v) is 15.5. The summed E-state index contributed by atoms with van der Waals surface area (Å²) in [5.74, 6) is 0.840. The molecule has 27 heavy (non-hydrogen) atoms. The summed E-state index contributed by atoms with van der Waals surface area (Å²) in [5, 5.41) is 0. The highest BCUT2D eigenvalue weighted by atomic mass is 16.6. The van der Waals surface area contributed by atoms with Crippen molar-refractivity contribution in [3.05, 3.63) is 59.7 Å². The molecule has 4 rings (SSSR count). The molecule has 6 nitrogen and oxygen atoms in total. The standard InChI is InChI=1S/C21H24N2O4/c1-22(21(24)27-14-16-5-3-2-4-6-16)19-15-26-20-13-17(7-8-18(19)20)23-9-11-25-12-10-23/h2-8,13,19H,9-12,14-15H2,1H3/t19-/m1/s1. The second kappa shape index (κ2) is 7.88. The number of anilines is 1. The molecule has 1 atom stereocenters. The third kappa shape index (κ3) is 3.85. The number of rotatable bonds is 4. The predicted octanol–water partition coefficient (Wildman–Crippen LogP) is 3.23. The summed E-state index contributed by atoms with van der Waals surface area (Å²) in [6.45, 7) is 3.97. The fourth-order valence-corrected chi connectivity index (χ4v) is 3.47. The number of ether oxygens (including phenoxy) is 3. The predicted molar refractivity (Wildman–Crippen MR) is 102 cm³/mol. The number of morpholine rings is 1. The van der Waals surface area contributed by atoms with Gasteiger partial charge in [-0.3, -0.25) is 0 Å². The lowest BCUT2D eigenvalue weighted by molar-refractivity contribution is 0.0860. The van der Waals surface area contributed by atoms with E-state index in [9.17, 15) is 4.79 Å². The van der Waals surface area contributed by atoms with Crippen molar-refractivity contribution in [2.75, 3.05) is 44.9 Å². The third-order valence-electron chi connectivity index (χ3n) is 5.09. The van der Waals surface area contributed by atoms with Crippen molar-refractivity contribution in [1.29, 1.82) is 0 Å². The molecule has 0 bridgehead atoms. The van der Waals surface area contributed by atoms with Gasteiger partial charge in [-0.2, -0.15) is 0 Å². The molecule has 2 heterocycles. The minimum Gasteiger partial charge on any atom is -0.491 e. The quantitative estimate of drug-likeness (QED) is 0.829. The molecule has 2 aromatic rings. The van der Waals surface area contributed by atoms with E-state index < -0.39 is 0 Å². The maximum absolute atomic E-state index is 12.5. The van der Waals surface area contributed by atoms with Gasteiger partial charge in [-0.25, -0.2) is 4.79 Å². The lowest BCUT2D eigenvalue weighted by Crippen LogP contribution is -2.36. The van der Waals surface area contributed by atoms with Gasteiger partial charge in [0.2, 0.25) is 0 Å². The molecule has 0 spiro atoms. The van der Waals surface area contributed by atoms with Crippen LogP contribution in [0.3, 0.4) is 0 Å². The molecule has 6 heteroatoms. The maximum atomic E-state index is 12.5. The fraction of sp³-hybridized carbons (Fsp3) is 0.381. The summed E-state index contributed by atoms with van der Waals surface area (Å²) >= 11 is 0. The number of benzene rings is 2. The van der Waals surface area contributed by atoms with E-state index in [1.165, 1.54) is 0 Å². The average Bonchev–Trinajstić information content (AvgIpc) is 3.16. The Morgan fingerprint density at radius 1 is 1.19 bits per heavy atom. The van der Waals surface area contributed by atoms with Crippen molar-refractivity contribution >= 4 is 11.8 Å². The zero-order chi connectivity index (χ0) is 18.6. The van der Waals surface area contributed by atoms with Gasteiger partial charge in [-0.1, -0.05) is 36.4 Å². The van der Waals surface area contributed by atoms with Gasteiger partial charge in [0.05, 0.1) is 19.3 Å². The van der Waals surface area contributed by atoms with E-state index >= 15 is 0 Å². The molecule has 1 fully saturated rings. The summed E-state index contributed by atoms with van der Waals surface area (Å²) in [7, 11) is 1.76. The van der Waals surface area contributed by atoms with E-state index in [-0.39, 0.29) is 18.7 Å². The minimum atomic E-state index is -0.349. The second-order valence-electron chi connectivity index (χ2n) is 6.80. The number of likely N-dealkylation sites (N-methyl/N-ethyl adjacent to an activating group) is 1. The Bertz CT molecular complexity index is 790. The monoisotopic (exact) mass is 368 g/mol. The van der Waals surface area contributed by atoms with Crippen LogP contribution in [-0.4, -0.2) is 51.0 Å². The van der Waals surface area contributed by atoms with E-state index in [0.29, 0.717) is 6.61 Å². The van der Waals surface area contributed by atoms with Gasteiger partial charge in [-0.15, -0.1) is 0 Å². The van der Waals surface area contributed by atoms with Crippen molar-refractivity contribution in [3.8, 4) is 5.75 Å². The number of amides is 1. The molecule has 2 aliphatic rings. The normalized spacial score (nSPS) is 18.6. The number of carbonyl (C=O) groups excluding carboxylic acids is 1. The first-order valence-corrected chi connectivity index (χ1v) is 9.25. The Hall–Kier alpha value is -2.73. The minimum absolute atomic E-state index is 0.137. The van der Waals surface area contributed by atoms with Crippen LogP contribution in [0.25, 0.3) is 0 Å². The lowest BCUT2D eigenvalue weighted by Gasteiger charge is -2.29.